The first-order valence-corrected chi connectivity index (χ1v) is 11.7. The number of nitrogens with zero attached hydrogens (tertiary/aromatic N) is 5. The van der Waals surface area contributed by atoms with E-state index in [1.54, 1.807) is 35.1 Å². The lowest BCUT2D eigenvalue weighted by Crippen LogP contribution is -2.25. The van der Waals surface area contributed by atoms with Gasteiger partial charge in [0.1, 0.15) is 10.5 Å². The van der Waals surface area contributed by atoms with Crippen molar-refractivity contribution >= 4 is 37.8 Å². The van der Waals surface area contributed by atoms with Crippen molar-refractivity contribution in [3.63, 3.8) is 0 Å². The third kappa shape index (κ3) is 5.04. The van der Waals surface area contributed by atoms with Crippen LogP contribution in [-0.4, -0.2) is 46.8 Å². The van der Waals surface area contributed by atoms with Crippen molar-refractivity contribution in [3.05, 3.63) is 77.4 Å². The van der Waals surface area contributed by atoms with Gasteiger partial charge >= 0.3 is 6.36 Å². The van der Waals surface area contributed by atoms with Crippen LogP contribution in [0.5, 0.6) is 5.75 Å². The number of rotatable bonds is 6. The SMILES string of the molecule is CN(/N=C/c1cnc2ccc(-c3cccnc3)cn12)S(=O)(=O)c1ccc(Br)cc1OC(F)(F)F. The Morgan fingerprint density at radius 1 is 1.15 bits per heavy atom. The monoisotopic (exact) mass is 553 g/mol. The molecule has 0 atom stereocenters. The molecule has 0 radical (unpaired) electrons. The van der Waals surface area contributed by atoms with Gasteiger partial charge in [-0.25, -0.2) is 4.98 Å². The van der Waals surface area contributed by atoms with Crippen LogP contribution in [0.1, 0.15) is 5.69 Å². The van der Waals surface area contributed by atoms with Crippen LogP contribution in [0.2, 0.25) is 0 Å². The highest BCUT2D eigenvalue weighted by molar-refractivity contribution is 9.10. The molecule has 3 heterocycles. The number of pyridine rings is 2. The molecule has 4 rings (SSSR count). The molecule has 0 bridgehead atoms. The van der Waals surface area contributed by atoms with Crippen LogP contribution in [-0.2, 0) is 10.0 Å². The van der Waals surface area contributed by atoms with E-state index in [2.05, 4.69) is 35.7 Å². The van der Waals surface area contributed by atoms with Crippen LogP contribution in [0.3, 0.4) is 0 Å². The molecule has 0 fully saturated rings. The normalized spacial score (nSPS) is 12.4. The van der Waals surface area contributed by atoms with Gasteiger partial charge in [0.25, 0.3) is 10.0 Å². The molecule has 1 aromatic carbocycles. The minimum Gasteiger partial charge on any atom is -0.404 e. The summed E-state index contributed by atoms with van der Waals surface area (Å²) in [6.45, 7) is 0. The van der Waals surface area contributed by atoms with Crippen molar-refractivity contribution in [1.82, 2.24) is 18.8 Å². The molecule has 0 spiro atoms. The summed E-state index contributed by atoms with van der Waals surface area (Å²) < 4.78 is 70.6. The van der Waals surface area contributed by atoms with Crippen molar-refractivity contribution in [1.29, 1.82) is 0 Å². The van der Waals surface area contributed by atoms with Gasteiger partial charge in [0.2, 0.25) is 0 Å². The maximum Gasteiger partial charge on any atom is 0.573 e. The Hall–Kier alpha value is -3.45. The fourth-order valence-electron chi connectivity index (χ4n) is 3.04. The molecule has 8 nitrogen and oxygen atoms in total. The Morgan fingerprint density at radius 2 is 1.94 bits per heavy atom. The van der Waals surface area contributed by atoms with Gasteiger partial charge in [-0.15, -0.1) is 13.2 Å². The smallest absolute Gasteiger partial charge is 0.404 e. The van der Waals surface area contributed by atoms with E-state index in [9.17, 15) is 21.6 Å². The minimum absolute atomic E-state index is 0.215. The van der Waals surface area contributed by atoms with Crippen LogP contribution in [0.25, 0.3) is 16.8 Å². The Bertz CT molecular complexity index is 1470. The summed E-state index contributed by atoms with van der Waals surface area (Å²) >= 11 is 3.01. The number of imidazole rings is 1. The number of benzene rings is 1. The van der Waals surface area contributed by atoms with E-state index in [1.807, 2.05) is 12.1 Å². The number of ether oxygens (including phenoxy) is 1. The summed E-state index contributed by atoms with van der Waals surface area (Å²) in [5, 5.41) is 3.93. The Kier molecular flexibility index (Phi) is 6.32. The topological polar surface area (TPSA) is 89.2 Å². The molecule has 0 aliphatic rings. The number of halogens is 4. The average molecular weight is 554 g/mol. The van der Waals surface area contributed by atoms with E-state index < -0.39 is 27.0 Å². The molecular weight excluding hydrogens is 539 g/mol. The number of hydrazone groups is 1. The number of alkyl halides is 3. The van der Waals surface area contributed by atoms with Gasteiger partial charge in [-0.2, -0.15) is 17.9 Å². The van der Waals surface area contributed by atoms with Gasteiger partial charge < -0.3 is 4.74 Å². The van der Waals surface area contributed by atoms with Crippen LogP contribution in [0.15, 0.2) is 81.7 Å². The van der Waals surface area contributed by atoms with Gasteiger partial charge in [-0.3, -0.25) is 9.38 Å². The van der Waals surface area contributed by atoms with E-state index in [1.165, 1.54) is 18.5 Å². The summed E-state index contributed by atoms with van der Waals surface area (Å²) in [7, 11) is -3.36. The summed E-state index contributed by atoms with van der Waals surface area (Å²) in [5.74, 6) is -0.875. The third-order valence-corrected chi connectivity index (χ3v) is 6.82. The van der Waals surface area contributed by atoms with Gasteiger partial charge in [0.05, 0.1) is 18.1 Å². The number of hydrogen-bond acceptors (Lipinski definition) is 6. The molecule has 3 aromatic heterocycles. The Balaban J connectivity index is 1.66. The van der Waals surface area contributed by atoms with Gasteiger partial charge in [0.15, 0.2) is 5.75 Å². The molecule has 0 amide bonds. The lowest BCUT2D eigenvalue weighted by Gasteiger charge is -2.17. The Morgan fingerprint density at radius 3 is 2.65 bits per heavy atom. The van der Waals surface area contributed by atoms with E-state index in [0.29, 0.717) is 15.8 Å². The molecular formula is C21H15BrF3N5O3S. The van der Waals surface area contributed by atoms with Crippen LogP contribution in [0, 0.1) is 0 Å². The highest BCUT2D eigenvalue weighted by Gasteiger charge is 2.35. The maximum atomic E-state index is 12.9. The molecule has 0 saturated carbocycles. The Labute approximate surface area is 200 Å². The molecule has 176 valence electrons. The average Bonchev–Trinajstić information content (AvgIpc) is 3.19. The largest absolute Gasteiger partial charge is 0.573 e. The summed E-state index contributed by atoms with van der Waals surface area (Å²) in [4.78, 5) is 7.66. The molecule has 13 heteroatoms. The zero-order chi connectivity index (χ0) is 24.5. The van der Waals surface area contributed by atoms with E-state index in [-0.39, 0.29) is 4.47 Å². The molecule has 34 heavy (non-hydrogen) atoms. The van der Waals surface area contributed by atoms with Crippen molar-refractivity contribution in [2.75, 3.05) is 7.05 Å². The number of aromatic nitrogens is 3. The van der Waals surface area contributed by atoms with Crippen molar-refractivity contribution in [2.24, 2.45) is 5.10 Å². The standard InChI is InChI=1S/C21H15BrF3N5O3S/c1-29(34(31,32)19-6-5-16(22)9-18(19)33-21(23,24)25)28-12-17-11-27-20-7-4-15(13-30(17)20)14-3-2-8-26-10-14/h2-13H,1H3/b28-12+. The maximum absolute atomic E-state index is 12.9. The molecule has 0 aliphatic carbocycles. The van der Waals surface area contributed by atoms with Crippen LogP contribution >= 0.6 is 15.9 Å². The molecule has 0 N–H and O–H groups in total. The van der Waals surface area contributed by atoms with Crippen LogP contribution < -0.4 is 4.74 Å². The highest BCUT2D eigenvalue weighted by Crippen LogP contribution is 2.33. The van der Waals surface area contributed by atoms with E-state index in [0.717, 1.165) is 30.3 Å². The number of sulfonamides is 1. The summed E-state index contributed by atoms with van der Waals surface area (Å²) in [6.07, 6.45) is 2.81. The van der Waals surface area contributed by atoms with E-state index in [4.69, 9.17) is 0 Å². The minimum atomic E-state index is -5.07. The predicted octanol–water partition coefficient (Wildman–Crippen LogP) is 4.71. The molecule has 0 unspecified atom stereocenters. The third-order valence-electron chi connectivity index (χ3n) is 4.64. The quantitative estimate of drug-likeness (QED) is 0.255. The van der Waals surface area contributed by atoms with Gasteiger partial charge in [-0.05, 0) is 36.4 Å². The zero-order valence-electron chi connectivity index (χ0n) is 17.3. The first kappa shape index (κ1) is 23.7. The van der Waals surface area contributed by atoms with Crippen molar-refractivity contribution in [3.8, 4) is 16.9 Å². The van der Waals surface area contributed by atoms with Gasteiger partial charge in [-0.1, -0.05) is 22.0 Å². The number of hydrogen-bond donors (Lipinski definition) is 0. The first-order valence-electron chi connectivity index (χ1n) is 9.50. The second-order valence-electron chi connectivity index (χ2n) is 6.89. The summed E-state index contributed by atoms with van der Waals surface area (Å²) in [5.41, 5.74) is 2.75. The second kappa shape index (κ2) is 9.06. The van der Waals surface area contributed by atoms with E-state index >= 15 is 0 Å². The highest BCUT2D eigenvalue weighted by atomic mass is 79.9. The lowest BCUT2D eigenvalue weighted by molar-refractivity contribution is -0.275. The van der Waals surface area contributed by atoms with Gasteiger partial charge in [0, 0.05) is 41.2 Å². The summed E-state index contributed by atoms with van der Waals surface area (Å²) in [6, 6.07) is 10.5. The number of fused-ring (bicyclic) bond motifs is 1. The fraction of sp³-hybridized carbons (Fsp3) is 0.0952. The van der Waals surface area contributed by atoms with Crippen molar-refractivity contribution in [2.45, 2.75) is 11.3 Å². The molecule has 0 aliphatic heterocycles. The molecule has 0 saturated heterocycles. The van der Waals surface area contributed by atoms with Crippen LogP contribution in [0.4, 0.5) is 13.2 Å². The first-order chi connectivity index (χ1) is 16.0. The predicted molar refractivity (Wildman–Crippen MR) is 122 cm³/mol. The second-order valence-corrected chi connectivity index (χ2v) is 9.73. The van der Waals surface area contributed by atoms with Crippen molar-refractivity contribution < 1.29 is 26.3 Å². The fourth-order valence-corrected chi connectivity index (χ4v) is 4.43. The lowest BCUT2D eigenvalue weighted by atomic mass is 10.1. The molecule has 4 aromatic rings. The zero-order valence-corrected chi connectivity index (χ0v) is 19.7.